The van der Waals surface area contributed by atoms with E-state index in [4.69, 9.17) is 19.2 Å². The summed E-state index contributed by atoms with van der Waals surface area (Å²) in [5.74, 6) is -0.0157. The molecule has 1 fully saturated rings. The fraction of sp³-hybridized carbons (Fsp3) is 0.364. The lowest BCUT2D eigenvalue weighted by Crippen LogP contribution is -2.33. The molecule has 226 valence electrons. The summed E-state index contributed by atoms with van der Waals surface area (Å²) in [6.07, 6.45) is 11.6. The molecule has 1 aliphatic heterocycles. The number of benzene rings is 2. The summed E-state index contributed by atoms with van der Waals surface area (Å²) in [4.78, 5) is 16.2. The minimum Gasteiger partial charge on any atom is -0.468 e. The zero-order chi connectivity index (χ0) is 30.3. The standard InChI is InChI=1S/C33H36F2N4O3S/c1-5-7-10-15-41-22-11-8-9-14-39(19-22)32-26-18-36-30(29(35)31(26)37-33(38-32)43-4)25-17-23(42-20-40-3)16-21-12-13-27(34)24(6-2)28(21)25/h5-6,12-13,16-18,22H,1-2,7-11,14-15,19-20H2,3-4H3. The van der Waals surface area contributed by atoms with Crippen molar-refractivity contribution >= 4 is 45.3 Å². The molecule has 1 atom stereocenters. The number of fused-ring (bicyclic) bond motifs is 2. The second-order valence-electron chi connectivity index (χ2n) is 10.4. The Morgan fingerprint density at radius 3 is 2.79 bits per heavy atom. The Bertz CT molecular complexity index is 1630. The SMILES string of the molecule is C=CCCCOC1CCCCN(c2nc(SC)nc3c(F)c(-c4cc(OCOC)cc5ccc(F)c(C=C)c45)ncc23)C1. The third kappa shape index (κ3) is 6.66. The lowest BCUT2D eigenvalue weighted by Gasteiger charge is -2.27. The summed E-state index contributed by atoms with van der Waals surface area (Å²) in [6, 6.07) is 6.38. The minimum absolute atomic E-state index is 0.00342. The molecular formula is C33H36F2N4O3S. The molecule has 0 N–H and O–H groups in total. The highest BCUT2D eigenvalue weighted by Crippen LogP contribution is 2.39. The van der Waals surface area contributed by atoms with Gasteiger partial charge in [-0.2, -0.15) is 0 Å². The molecule has 3 heterocycles. The zero-order valence-corrected chi connectivity index (χ0v) is 25.4. The number of unbranched alkanes of at least 4 members (excludes halogenated alkanes) is 1. The van der Waals surface area contributed by atoms with Crippen LogP contribution in [0.3, 0.4) is 0 Å². The van der Waals surface area contributed by atoms with Crippen molar-refractivity contribution in [1.29, 1.82) is 0 Å². The van der Waals surface area contributed by atoms with Crippen molar-refractivity contribution in [3.05, 3.63) is 66.9 Å². The van der Waals surface area contributed by atoms with Crippen molar-refractivity contribution in [2.75, 3.05) is 44.8 Å². The highest BCUT2D eigenvalue weighted by molar-refractivity contribution is 7.98. The lowest BCUT2D eigenvalue weighted by atomic mass is 9.95. The number of methoxy groups -OCH3 is 1. The van der Waals surface area contributed by atoms with Crippen LogP contribution in [0.15, 0.2) is 54.9 Å². The van der Waals surface area contributed by atoms with Crippen molar-refractivity contribution < 1.29 is 23.0 Å². The number of halogens is 2. The van der Waals surface area contributed by atoms with Gasteiger partial charge < -0.3 is 19.1 Å². The van der Waals surface area contributed by atoms with Gasteiger partial charge in [-0.3, -0.25) is 4.98 Å². The molecule has 2 aromatic heterocycles. The van der Waals surface area contributed by atoms with Gasteiger partial charge in [0, 0.05) is 49.5 Å². The van der Waals surface area contributed by atoms with Gasteiger partial charge in [0.05, 0.1) is 11.5 Å². The maximum Gasteiger partial charge on any atom is 0.189 e. The second kappa shape index (κ2) is 14.2. The van der Waals surface area contributed by atoms with E-state index in [1.165, 1.54) is 31.0 Å². The van der Waals surface area contributed by atoms with E-state index in [1.54, 1.807) is 24.4 Å². The van der Waals surface area contributed by atoms with Gasteiger partial charge in [0.15, 0.2) is 17.8 Å². The molecule has 0 bridgehead atoms. The maximum absolute atomic E-state index is 16.7. The van der Waals surface area contributed by atoms with Crippen LogP contribution in [0.5, 0.6) is 5.75 Å². The first kappa shape index (κ1) is 30.8. The van der Waals surface area contributed by atoms with Crippen molar-refractivity contribution in [3.8, 4) is 17.0 Å². The number of nitrogens with zero attached hydrogens (tertiary/aromatic N) is 4. The van der Waals surface area contributed by atoms with E-state index in [9.17, 15) is 4.39 Å². The number of rotatable bonds is 12. The smallest absolute Gasteiger partial charge is 0.189 e. The van der Waals surface area contributed by atoms with Gasteiger partial charge in [0.1, 0.15) is 28.6 Å². The van der Waals surface area contributed by atoms with E-state index in [0.29, 0.717) is 51.6 Å². The quantitative estimate of drug-likeness (QED) is 0.0532. The predicted molar refractivity (Wildman–Crippen MR) is 170 cm³/mol. The molecule has 2 aromatic carbocycles. The van der Waals surface area contributed by atoms with E-state index in [1.807, 2.05) is 12.3 Å². The third-order valence-corrected chi connectivity index (χ3v) is 8.09. The van der Waals surface area contributed by atoms with Crippen LogP contribution in [0.2, 0.25) is 0 Å². The molecule has 10 heteroatoms. The number of aromatic nitrogens is 3. The molecule has 4 aromatic rings. The summed E-state index contributed by atoms with van der Waals surface area (Å²) in [7, 11) is 1.51. The monoisotopic (exact) mass is 606 g/mol. The number of thioether (sulfide) groups is 1. The molecule has 43 heavy (non-hydrogen) atoms. The van der Waals surface area contributed by atoms with Gasteiger partial charge >= 0.3 is 0 Å². The molecule has 0 radical (unpaired) electrons. The first-order valence-electron chi connectivity index (χ1n) is 14.4. The lowest BCUT2D eigenvalue weighted by molar-refractivity contribution is 0.0512. The third-order valence-electron chi connectivity index (χ3n) is 7.54. The van der Waals surface area contributed by atoms with Crippen molar-refractivity contribution in [2.24, 2.45) is 0 Å². The van der Waals surface area contributed by atoms with Crippen LogP contribution < -0.4 is 9.64 Å². The fourth-order valence-electron chi connectivity index (χ4n) is 5.49. The Labute approximate surface area is 255 Å². The number of anilines is 1. The number of pyridine rings is 1. The molecule has 0 aliphatic carbocycles. The fourth-order valence-corrected chi connectivity index (χ4v) is 5.85. The van der Waals surface area contributed by atoms with Crippen molar-refractivity contribution in [1.82, 2.24) is 15.0 Å². The summed E-state index contributed by atoms with van der Waals surface area (Å²) in [5, 5.41) is 2.09. The number of allylic oxidation sites excluding steroid dienone is 1. The molecular weight excluding hydrogens is 570 g/mol. The van der Waals surface area contributed by atoms with Crippen molar-refractivity contribution in [2.45, 2.75) is 43.4 Å². The predicted octanol–water partition coefficient (Wildman–Crippen LogP) is 7.81. The number of ether oxygens (including phenoxy) is 3. The average Bonchev–Trinajstić information content (AvgIpc) is 3.27. The maximum atomic E-state index is 16.7. The highest BCUT2D eigenvalue weighted by atomic mass is 32.2. The number of hydrogen-bond acceptors (Lipinski definition) is 8. The van der Waals surface area contributed by atoms with E-state index in [0.717, 1.165) is 38.6 Å². The van der Waals surface area contributed by atoms with Gasteiger partial charge in [0.25, 0.3) is 0 Å². The summed E-state index contributed by atoms with van der Waals surface area (Å²) in [5.41, 5.74) is 0.806. The van der Waals surface area contributed by atoms with Crippen LogP contribution in [0.4, 0.5) is 14.6 Å². The van der Waals surface area contributed by atoms with Crippen LogP contribution in [0.25, 0.3) is 39.0 Å². The number of hydrogen-bond donors (Lipinski definition) is 0. The van der Waals surface area contributed by atoms with Gasteiger partial charge in [-0.05, 0) is 61.9 Å². The largest absolute Gasteiger partial charge is 0.468 e. The first-order valence-corrected chi connectivity index (χ1v) is 15.6. The molecule has 1 aliphatic rings. The normalized spacial score (nSPS) is 15.5. The summed E-state index contributed by atoms with van der Waals surface area (Å²) < 4.78 is 48.6. The van der Waals surface area contributed by atoms with E-state index in [-0.39, 0.29) is 29.7 Å². The van der Waals surface area contributed by atoms with Crippen LogP contribution >= 0.6 is 11.8 Å². The summed E-state index contributed by atoms with van der Waals surface area (Å²) in [6.45, 7) is 9.65. The summed E-state index contributed by atoms with van der Waals surface area (Å²) >= 11 is 1.35. The van der Waals surface area contributed by atoms with Gasteiger partial charge in [0.2, 0.25) is 0 Å². The molecule has 1 saturated heterocycles. The van der Waals surface area contributed by atoms with Gasteiger partial charge in [-0.25, -0.2) is 18.7 Å². The Kier molecular flexibility index (Phi) is 10.2. The van der Waals surface area contributed by atoms with Gasteiger partial charge in [-0.1, -0.05) is 36.6 Å². The Morgan fingerprint density at radius 2 is 2.02 bits per heavy atom. The van der Waals surface area contributed by atoms with Crippen LogP contribution in [0, 0.1) is 11.6 Å². The van der Waals surface area contributed by atoms with E-state index < -0.39 is 11.6 Å². The first-order chi connectivity index (χ1) is 21.0. The molecule has 0 amide bonds. The average molecular weight is 607 g/mol. The van der Waals surface area contributed by atoms with Crippen LogP contribution in [-0.2, 0) is 9.47 Å². The molecule has 7 nitrogen and oxygen atoms in total. The van der Waals surface area contributed by atoms with Crippen LogP contribution in [-0.4, -0.2) is 60.9 Å². The molecule has 5 rings (SSSR count). The molecule has 0 saturated carbocycles. The van der Waals surface area contributed by atoms with E-state index in [2.05, 4.69) is 28.0 Å². The minimum atomic E-state index is -0.618. The molecule has 1 unspecified atom stereocenters. The Morgan fingerprint density at radius 1 is 1.16 bits per heavy atom. The van der Waals surface area contributed by atoms with E-state index >= 15 is 4.39 Å². The highest BCUT2D eigenvalue weighted by Gasteiger charge is 2.26. The Balaban J connectivity index is 1.64. The second-order valence-corrected chi connectivity index (χ2v) is 11.1. The van der Waals surface area contributed by atoms with Gasteiger partial charge in [-0.15, -0.1) is 6.58 Å². The Hall–Kier alpha value is -3.60. The van der Waals surface area contributed by atoms with Crippen molar-refractivity contribution in [3.63, 3.8) is 0 Å². The topological polar surface area (TPSA) is 69.6 Å². The van der Waals surface area contributed by atoms with Crippen LogP contribution in [0.1, 0.15) is 37.7 Å². The zero-order valence-electron chi connectivity index (χ0n) is 24.6. The molecule has 0 spiro atoms.